The molecular weight excluding hydrogens is 362 g/mol. The van der Waals surface area contributed by atoms with Gasteiger partial charge in [-0.15, -0.1) is 0 Å². The highest BCUT2D eigenvalue weighted by atomic mass is 32.2. The molecular formula is C17H17NO7S. The van der Waals surface area contributed by atoms with E-state index in [1.165, 1.54) is 11.9 Å². The molecule has 0 bridgehead atoms. The van der Waals surface area contributed by atoms with Crippen molar-refractivity contribution < 1.29 is 27.2 Å². The maximum atomic E-state index is 12.1. The summed E-state index contributed by atoms with van der Waals surface area (Å²) in [4.78, 5) is 37.4. The van der Waals surface area contributed by atoms with Crippen LogP contribution in [0.15, 0.2) is 39.5 Å². The van der Waals surface area contributed by atoms with E-state index in [1.807, 2.05) is 0 Å². The zero-order valence-corrected chi connectivity index (χ0v) is 14.8. The van der Waals surface area contributed by atoms with Crippen LogP contribution in [0.3, 0.4) is 0 Å². The Hall–Kier alpha value is -2.68. The number of fused-ring (bicyclic) bond motifs is 1. The van der Waals surface area contributed by atoms with Gasteiger partial charge in [0, 0.05) is 19.2 Å². The number of benzene rings is 1. The van der Waals surface area contributed by atoms with Crippen LogP contribution in [0.4, 0.5) is 0 Å². The summed E-state index contributed by atoms with van der Waals surface area (Å²) < 4.78 is 33.2. The van der Waals surface area contributed by atoms with Crippen molar-refractivity contribution in [1.82, 2.24) is 4.90 Å². The number of carbonyl (C=O) groups excluding carboxylic acids is 2. The van der Waals surface area contributed by atoms with Crippen molar-refractivity contribution in [3.8, 4) is 0 Å². The molecule has 0 saturated carbocycles. The molecule has 0 spiro atoms. The number of nitrogens with zero attached hydrogens (tertiary/aromatic N) is 1. The summed E-state index contributed by atoms with van der Waals surface area (Å²) in [6.45, 7) is -0.567. The van der Waals surface area contributed by atoms with Gasteiger partial charge >= 0.3 is 5.97 Å². The van der Waals surface area contributed by atoms with Crippen molar-refractivity contribution in [2.75, 3.05) is 25.2 Å². The fraction of sp³-hybridized carbons (Fsp3) is 0.353. The molecule has 1 atom stereocenters. The van der Waals surface area contributed by atoms with E-state index in [1.54, 1.807) is 24.3 Å². The molecule has 138 valence electrons. The summed E-state index contributed by atoms with van der Waals surface area (Å²) in [6, 6.07) is 7.05. The number of hydrogen-bond donors (Lipinski definition) is 0. The molecule has 2 aromatic rings. The van der Waals surface area contributed by atoms with Gasteiger partial charge in [-0.2, -0.15) is 0 Å². The van der Waals surface area contributed by atoms with Crippen LogP contribution in [0.2, 0.25) is 0 Å². The van der Waals surface area contributed by atoms with Crippen LogP contribution in [0.5, 0.6) is 0 Å². The van der Waals surface area contributed by atoms with Gasteiger partial charge in [0.05, 0.1) is 16.9 Å². The van der Waals surface area contributed by atoms with Crippen LogP contribution in [0, 0.1) is 0 Å². The molecule has 0 N–H and O–H groups in total. The number of carbonyl (C=O) groups is 2. The topological polar surface area (TPSA) is 111 Å². The Kier molecular flexibility index (Phi) is 4.82. The van der Waals surface area contributed by atoms with Gasteiger partial charge in [0.15, 0.2) is 21.9 Å². The Labute approximate surface area is 149 Å². The first kappa shape index (κ1) is 18.1. The zero-order valence-electron chi connectivity index (χ0n) is 14.0. The van der Waals surface area contributed by atoms with Crippen LogP contribution in [-0.4, -0.2) is 56.4 Å². The second kappa shape index (κ2) is 6.91. The molecule has 2 heterocycles. The van der Waals surface area contributed by atoms with Gasteiger partial charge in [0.2, 0.25) is 5.76 Å². The fourth-order valence-corrected chi connectivity index (χ4v) is 4.56. The third-order valence-corrected chi connectivity index (χ3v) is 6.06. The number of likely N-dealkylation sites (N-methyl/N-ethyl adjacent to an activating group) is 1. The quantitative estimate of drug-likeness (QED) is 0.715. The van der Waals surface area contributed by atoms with E-state index in [0.717, 1.165) is 6.07 Å². The van der Waals surface area contributed by atoms with Crippen LogP contribution >= 0.6 is 0 Å². The minimum Gasteiger partial charge on any atom is -0.450 e. The van der Waals surface area contributed by atoms with Gasteiger partial charge in [-0.05, 0) is 18.6 Å². The van der Waals surface area contributed by atoms with Gasteiger partial charge in [-0.3, -0.25) is 9.59 Å². The number of para-hydroxylation sites is 1. The zero-order chi connectivity index (χ0) is 18.9. The lowest BCUT2D eigenvalue weighted by atomic mass is 10.2. The maximum absolute atomic E-state index is 12.1. The van der Waals surface area contributed by atoms with E-state index < -0.39 is 39.8 Å². The smallest absolute Gasteiger partial charge is 0.374 e. The molecule has 8 nitrogen and oxygen atoms in total. The Morgan fingerprint density at radius 3 is 2.73 bits per heavy atom. The summed E-state index contributed by atoms with van der Waals surface area (Å²) in [5.41, 5.74) is -0.148. The fourth-order valence-electron chi connectivity index (χ4n) is 2.79. The van der Waals surface area contributed by atoms with Crippen molar-refractivity contribution in [2.45, 2.75) is 12.5 Å². The van der Waals surface area contributed by atoms with E-state index in [-0.39, 0.29) is 22.8 Å². The van der Waals surface area contributed by atoms with Gasteiger partial charge in [-0.25, -0.2) is 13.2 Å². The highest BCUT2D eigenvalue weighted by Crippen LogP contribution is 2.17. The first-order valence-electron chi connectivity index (χ1n) is 7.93. The monoisotopic (exact) mass is 379 g/mol. The van der Waals surface area contributed by atoms with Crippen LogP contribution in [0.1, 0.15) is 17.0 Å². The number of rotatable bonds is 4. The molecule has 1 amide bonds. The number of ether oxygens (including phenoxy) is 1. The SMILES string of the molecule is CN(C(=O)COC(=O)c1cc(=O)c2ccccc2o1)[C@H]1CCS(=O)(=O)C1. The molecule has 9 heteroatoms. The molecule has 1 aliphatic rings. The Morgan fingerprint density at radius 2 is 2.04 bits per heavy atom. The van der Waals surface area contributed by atoms with Crippen molar-refractivity contribution in [3.63, 3.8) is 0 Å². The largest absolute Gasteiger partial charge is 0.450 e. The van der Waals surface area contributed by atoms with Crippen molar-refractivity contribution in [3.05, 3.63) is 46.3 Å². The first-order chi connectivity index (χ1) is 12.3. The number of sulfone groups is 1. The van der Waals surface area contributed by atoms with Crippen molar-refractivity contribution >= 4 is 32.7 Å². The molecule has 26 heavy (non-hydrogen) atoms. The lowest BCUT2D eigenvalue weighted by Gasteiger charge is -2.23. The second-order valence-electron chi connectivity index (χ2n) is 6.11. The Morgan fingerprint density at radius 1 is 1.31 bits per heavy atom. The minimum atomic E-state index is -3.13. The molecule has 0 radical (unpaired) electrons. The standard InChI is InChI=1S/C17H17NO7S/c1-18(11-6-7-26(22,23)10-11)16(20)9-24-17(21)15-8-13(19)12-4-2-3-5-14(12)25-15/h2-5,8,11H,6-7,9-10H2,1H3/t11-/m0/s1. The Bertz CT molecular complexity index is 1020. The third-order valence-electron chi connectivity index (χ3n) is 4.31. The normalized spacial score (nSPS) is 18.6. The van der Waals surface area contributed by atoms with Crippen LogP contribution in [-0.2, 0) is 19.4 Å². The van der Waals surface area contributed by atoms with E-state index in [4.69, 9.17) is 9.15 Å². The maximum Gasteiger partial charge on any atom is 0.374 e. The predicted molar refractivity (Wildman–Crippen MR) is 92.6 cm³/mol. The molecule has 1 aromatic heterocycles. The molecule has 1 aromatic carbocycles. The van der Waals surface area contributed by atoms with Gasteiger partial charge in [0.25, 0.3) is 5.91 Å². The highest BCUT2D eigenvalue weighted by molar-refractivity contribution is 7.91. The van der Waals surface area contributed by atoms with E-state index >= 15 is 0 Å². The Balaban J connectivity index is 1.65. The third kappa shape index (κ3) is 3.77. The minimum absolute atomic E-state index is 0.0390. The average molecular weight is 379 g/mol. The van der Waals surface area contributed by atoms with Gasteiger partial charge in [-0.1, -0.05) is 12.1 Å². The van der Waals surface area contributed by atoms with E-state index in [9.17, 15) is 22.8 Å². The molecule has 1 fully saturated rings. The van der Waals surface area contributed by atoms with Crippen LogP contribution < -0.4 is 5.43 Å². The summed E-state index contributed by atoms with van der Waals surface area (Å²) in [6.07, 6.45) is 0.359. The van der Waals surface area contributed by atoms with E-state index in [0.29, 0.717) is 11.8 Å². The average Bonchev–Trinajstić information content (AvgIpc) is 2.98. The predicted octanol–water partition coefficient (Wildman–Crippen LogP) is 0.595. The number of esters is 1. The second-order valence-corrected chi connectivity index (χ2v) is 8.34. The lowest BCUT2D eigenvalue weighted by Crippen LogP contribution is -2.40. The summed E-state index contributed by atoms with van der Waals surface area (Å²) in [5.74, 6) is -1.81. The number of amides is 1. The van der Waals surface area contributed by atoms with Gasteiger partial charge in [0.1, 0.15) is 5.58 Å². The summed E-state index contributed by atoms with van der Waals surface area (Å²) >= 11 is 0. The molecule has 3 rings (SSSR count). The highest BCUT2D eigenvalue weighted by Gasteiger charge is 2.33. The molecule has 1 aliphatic heterocycles. The van der Waals surface area contributed by atoms with Crippen LogP contribution in [0.25, 0.3) is 11.0 Å². The van der Waals surface area contributed by atoms with E-state index in [2.05, 4.69) is 0 Å². The molecule has 0 unspecified atom stereocenters. The summed E-state index contributed by atoms with van der Waals surface area (Å²) in [5, 5.41) is 0.335. The first-order valence-corrected chi connectivity index (χ1v) is 9.75. The number of hydrogen-bond acceptors (Lipinski definition) is 7. The van der Waals surface area contributed by atoms with Crippen molar-refractivity contribution in [1.29, 1.82) is 0 Å². The van der Waals surface area contributed by atoms with Crippen molar-refractivity contribution in [2.24, 2.45) is 0 Å². The lowest BCUT2D eigenvalue weighted by molar-refractivity contribution is -0.134. The summed E-state index contributed by atoms with van der Waals surface area (Å²) in [7, 11) is -1.66. The van der Waals surface area contributed by atoms with Gasteiger partial charge < -0.3 is 14.1 Å². The molecule has 1 saturated heterocycles. The molecule has 0 aliphatic carbocycles.